The van der Waals surface area contributed by atoms with Gasteiger partial charge in [-0.2, -0.15) is 0 Å². The summed E-state index contributed by atoms with van der Waals surface area (Å²) in [7, 11) is 3.14. The zero-order valence-corrected chi connectivity index (χ0v) is 11.8. The molecule has 20 heavy (non-hydrogen) atoms. The van der Waals surface area contributed by atoms with Crippen molar-refractivity contribution in [1.29, 1.82) is 0 Å². The minimum Gasteiger partial charge on any atom is -0.481 e. The van der Waals surface area contributed by atoms with Crippen LogP contribution in [0.25, 0.3) is 0 Å². The first-order valence-electron chi connectivity index (χ1n) is 6.29. The molecule has 0 saturated carbocycles. The van der Waals surface area contributed by atoms with E-state index in [9.17, 15) is 0 Å². The maximum atomic E-state index is 5.22. The zero-order valence-electron chi connectivity index (χ0n) is 11.8. The van der Waals surface area contributed by atoms with E-state index in [1.807, 2.05) is 11.5 Å². The van der Waals surface area contributed by atoms with Gasteiger partial charge in [0.05, 0.1) is 26.3 Å². The second kappa shape index (κ2) is 6.80. The first-order valence-corrected chi connectivity index (χ1v) is 6.29. The number of hydrogen-bond donors (Lipinski definition) is 1. The van der Waals surface area contributed by atoms with Crippen LogP contribution >= 0.6 is 0 Å². The van der Waals surface area contributed by atoms with E-state index in [0.717, 1.165) is 17.9 Å². The van der Waals surface area contributed by atoms with Crippen molar-refractivity contribution in [3.8, 4) is 11.8 Å². The molecular formula is C12H18N6O2. The van der Waals surface area contributed by atoms with Crippen molar-refractivity contribution in [2.75, 3.05) is 14.2 Å². The molecule has 1 N–H and O–H groups in total. The third kappa shape index (κ3) is 3.02. The lowest BCUT2D eigenvalue weighted by Gasteiger charge is -2.11. The van der Waals surface area contributed by atoms with Crippen molar-refractivity contribution in [2.45, 2.75) is 26.6 Å². The number of rotatable bonds is 7. The zero-order chi connectivity index (χ0) is 14.4. The average Bonchev–Trinajstić information content (AvgIpc) is 2.94. The quantitative estimate of drug-likeness (QED) is 0.784. The second-order valence-electron chi connectivity index (χ2n) is 4.01. The fraction of sp³-hybridized carbons (Fsp3) is 0.500. The van der Waals surface area contributed by atoms with Gasteiger partial charge in [-0.1, -0.05) is 0 Å². The topological polar surface area (TPSA) is 87.0 Å². The minimum atomic E-state index is 0.501. The largest absolute Gasteiger partial charge is 0.481 e. The maximum absolute atomic E-state index is 5.22. The molecule has 0 amide bonds. The van der Waals surface area contributed by atoms with E-state index in [2.05, 4.69) is 25.5 Å². The van der Waals surface area contributed by atoms with Crippen molar-refractivity contribution < 1.29 is 9.47 Å². The summed E-state index contributed by atoms with van der Waals surface area (Å²) in [6.07, 6.45) is 3.12. The van der Waals surface area contributed by atoms with Crippen LogP contribution in [0.2, 0.25) is 0 Å². The third-order valence-corrected chi connectivity index (χ3v) is 2.87. The van der Waals surface area contributed by atoms with Crippen molar-refractivity contribution in [2.24, 2.45) is 0 Å². The normalized spacial score (nSPS) is 10.6. The molecule has 0 spiro atoms. The lowest BCUT2D eigenvalue weighted by atomic mass is 10.3. The van der Waals surface area contributed by atoms with Crippen molar-refractivity contribution >= 4 is 0 Å². The van der Waals surface area contributed by atoms with E-state index < -0.39 is 0 Å². The van der Waals surface area contributed by atoms with Gasteiger partial charge in [-0.3, -0.25) is 0 Å². The van der Waals surface area contributed by atoms with Gasteiger partial charge in [-0.25, -0.2) is 9.97 Å². The number of ether oxygens (including phenoxy) is 2. The molecule has 108 valence electrons. The molecular weight excluding hydrogens is 260 g/mol. The number of nitrogens with one attached hydrogen (secondary N) is 1. The average molecular weight is 278 g/mol. The van der Waals surface area contributed by atoms with Crippen LogP contribution in [0.4, 0.5) is 0 Å². The summed E-state index contributed by atoms with van der Waals surface area (Å²) in [5.74, 6) is 1.88. The molecule has 8 heteroatoms. The van der Waals surface area contributed by atoms with Crippen LogP contribution in [0.15, 0.2) is 12.7 Å². The lowest BCUT2D eigenvalue weighted by molar-refractivity contribution is 0.359. The van der Waals surface area contributed by atoms with Gasteiger partial charge in [0.1, 0.15) is 18.5 Å². The smallest absolute Gasteiger partial charge is 0.224 e. The summed E-state index contributed by atoms with van der Waals surface area (Å²) in [4.78, 5) is 8.14. The molecule has 0 bridgehead atoms. The molecule has 2 aromatic heterocycles. The molecule has 0 aromatic carbocycles. The Morgan fingerprint density at radius 2 is 1.85 bits per heavy atom. The van der Waals surface area contributed by atoms with Gasteiger partial charge in [-0.05, 0) is 6.92 Å². The highest BCUT2D eigenvalue weighted by Gasteiger charge is 2.12. The number of aromatic nitrogens is 5. The van der Waals surface area contributed by atoms with E-state index in [-0.39, 0.29) is 0 Å². The predicted octanol–water partition coefficient (Wildman–Crippen LogP) is 0.395. The highest BCUT2D eigenvalue weighted by atomic mass is 16.5. The summed E-state index contributed by atoms with van der Waals surface area (Å²) < 4.78 is 12.4. The fourth-order valence-corrected chi connectivity index (χ4v) is 1.86. The van der Waals surface area contributed by atoms with Gasteiger partial charge < -0.3 is 19.4 Å². The molecule has 0 aliphatic rings. The number of hydrogen-bond acceptors (Lipinski definition) is 7. The van der Waals surface area contributed by atoms with Gasteiger partial charge >= 0.3 is 0 Å². The summed E-state index contributed by atoms with van der Waals surface area (Å²) >= 11 is 0. The summed E-state index contributed by atoms with van der Waals surface area (Å²) in [6, 6.07) is 0. The Labute approximate surface area is 117 Å². The molecule has 0 aliphatic carbocycles. The van der Waals surface area contributed by atoms with Crippen LogP contribution < -0.4 is 14.8 Å². The Kier molecular flexibility index (Phi) is 4.83. The monoisotopic (exact) mass is 278 g/mol. The molecule has 0 fully saturated rings. The first-order chi connectivity index (χ1) is 9.80. The SMILES string of the molecule is CCn1cnnc1CNCc1c(OC)ncnc1OC. The summed E-state index contributed by atoms with van der Waals surface area (Å²) in [5, 5.41) is 11.2. The molecule has 0 radical (unpaired) electrons. The lowest BCUT2D eigenvalue weighted by Crippen LogP contribution is -2.18. The molecule has 0 atom stereocenters. The third-order valence-electron chi connectivity index (χ3n) is 2.87. The van der Waals surface area contributed by atoms with E-state index >= 15 is 0 Å². The number of aryl methyl sites for hydroxylation is 1. The second-order valence-corrected chi connectivity index (χ2v) is 4.01. The fourth-order valence-electron chi connectivity index (χ4n) is 1.86. The van der Waals surface area contributed by atoms with E-state index in [1.165, 1.54) is 6.33 Å². The molecule has 2 heterocycles. The van der Waals surface area contributed by atoms with Crippen LogP contribution in [0.1, 0.15) is 18.3 Å². The molecule has 2 aromatic rings. The summed E-state index contributed by atoms with van der Waals surface area (Å²) in [5.41, 5.74) is 0.778. The molecule has 8 nitrogen and oxygen atoms in total. The standard InChI is InChI=1S/C12H18N6O2/c1-4-18-8-16-17-10(18)6-13-5-9-11(19-2)14-7-15-12(9)20-3/h7-8,13H,4-6H2,1-3H3. The number of nitrogens with zero attached hydrogens (tertiary/aromatic N) is 5. The van der Waals surface area contributed by atoms with Crippen molar-refractivity contribution in [3.05, 3.63) is 24.0 Å². The molecule has 0 unspecified atom stereocenters. The highest BCUT2D eigenvalue weighted by Crippen LogP contribution is 2.22. The van der Waals surface area contributed by atoms with Gasteiger partial charge in [-0.15, -0.1) is 10.2 Å². The predicted molar refractivity (Wildman–Crippen MR) is 71.4 cm³/mol. The minimum absolute atomic E-state index is 0.501. The molecule has 0 saturated heterocycles. The van der Waals surface area contributed by atoms with Crippen LogP contribution in [-0.4, -0.2) is 39.0 Å². The Balaban J connectivity index is 2.04. The number of methoxy groups -OCH3 is 2. The van der Waals surface area contributed by atoms with Crippen molar-refractivity contribution in [1.82, 2.24) is 30.0 Å². The van der Waals surface area contributed by atoms with E-state index in [4.69, 9.17) is 9.47 Å². The van der Waals surface area contributed by atoms with Crippen LogP contribution in [0, 0.1) is 0 Å². The Hall–Kier alpha value is -2.22. The van der Waals surface area contributed by atoms with Gasteiger partial charge in [0, 0.05) is 13.1 Å². The van der Waals surface area contributed by atoms with Crippen LogP contribution in [-0.2, 0) is 19.6 Å². The molecule has 0 aliphatic heterocycles. The Morgan fingerprint density at radius 1 is 1.15 bits per heavy atom. The highest BCUT2D eigenvalue weighted by molar-refractivity contribution is 5.34. The van der Waals surface area contributed by atoms with E-state index in [1.54, 1.807) is 20.5 Å². The maximum Gasteiger partial charge on any atom is 0.224 e. The van der Waals surface area contributed by atoms with Gasteiger partial charge in [0.25, 0.3) is 0 Å². The van der Waals surface area contributed by atoms with Gasteiger partial charge in [0.2, 0.25) is 11.8 Å². The van der Waals surface area contributed by atoms with Gasteiger partial charge in [0.15, 0.2) is 0 Å². The Morgan fingerprint density at radius 3 is 2.45 bits per heavy atom. The van der Waals surface area contributed by atoms with Crippen LogP contribution in [0.5, 0.6) is 11.8 Å². The van der Waals surface area contributed by atoms with E-state index in [0.29, 0.717) is 24.8 Å². The Bertz CT molecular complexity index is 534. The summed E-state index contributed by atoms with van der Waals surface area (Å²) in [6.45, 7) is 3.99. The first kappa shape index (κ1) is 14.2. The van der Waals surface area contributed by atoms with Crippen LogP contribution in [0.3, 0.4) is 0 Å². The molecule has 2 rings (SSSR count). The van der Waals surface area contributed by atoms with Crippen molar-refractivity contribution in [3.63, 3.8) is 0 Å².